The quantitative estimate of drug-likeness (QED) is 0.800. The minimum atomic E-state index is -0.184. The average molecular weight is 287 g/mol. The molecule has 2 amide bonds. The summed E-state index contributed by atoms with van der Waals surface area (Å²) in [6, 6.07) is 8.25. The van der Waals surface area contributed by atoms with Crippen LogP contribution in [0.5, 0.6) is 0 Å². The van der Waals surface area contributed by atoms with Crippen molar-refractivity contribution in [3.05, 3.63) is 35.4 Å². The van der Waals surface area contributed by atoms with Crippen LogP contribution in [0.1, 0.15) is 29.9 Å². The van der Waals surface area contributed by atoms with Crippen LogP contribution in [-0.2, 0) is 16.1 Å². The van der Waals surface area contributed by atoms with E-state index in [-0.39, 0.29) is 17.7 Å². The first-order chi connectivity index (χ1) is 10.2. The molecule has 2 saturated heterocycles. The Bertz CT molecular complexity index is 521. The lowest BCUT2D eigenvalue weighted by Gasteiger charge is -2.27. The summed E-state index contributed by atoms with van der Waals surface area (Å²) in [5.41, 5.74) is 2.28. The number of hydrogen-bond donors (Lipinski definition) is 2. The van der Waals surface area contributed by atoms with E-state index in [9.17, 15) is 9.59 Å². The molecule has 2 aliphatic heterocycles. The first-order valence-electron chi connectivity index (χ1n) is 7.58. The lowest BCUT2D eigenvalue weighted by molar-refractivity contribution is -0.134. The van der Waals surface area contributed by atoms with Crippen molar-refractivity contribution in [2.24, 2.45) is 0 Å². The average Bonchev–Trinajstić information content (AvgIpc) is 2.49. The topological polar surface area (TPSA) is 61.4 Å². The van der Waals surface area contributed by atoms with E-state index < -0.39 is 0 Å². The Hall–Kier alpha value is -1.72. The molecule has 5 heteroatoms. The number of nitrogens with zero attached hydrogens (tertiary/aromatic N) is 1. The first kappa shape index (κ1) is 14.2. The fourth-order valence-electron chi connectivity index (χ4n) is 2.99. The highest BCUT2D eigenvalue weighted by Gasteiger charge is 2.27. The van der Waals surface area contributed by atoms with Gasteiger partial charge in [0.15, 0.2) is 0 Å². The molecule has 2 fully saturated rings. The largest absolute Gasteiger partial charge is 0.314 e. The van der Waals surface area contributed by atoms with E-state index in [1.165, 1.54) is 5.56 Å². The molecule has 1 unspecified atom stereocenters. The molecule has 0 saturated carbocycles. The van der Waals surface area contributed by atoms with Gasteiger partial charge >= 0.3 is 0 Å². The van der Waals surface area contributed by atoms with Crippen LogP contribution in [0.15, 0.2) is 24.3 Å². The number of nitrogens with one attached hydrogen (secondary N) is 2. The van der Waals surface area contributed by atoms with Gasteiger partial charge in [-0.15, -0.1) is 0 Å². The molecule has 0 aliphatic carbocycles. The van der Waals surface area contributed by atoms with Gasteiger partial charge in [0.05, 0.1) is 5.92 Å². The lowest BCUT2D eigenvalue weighted by Crippen LogP contribution is -2.42. The third-order valence-electron chi connectivity index (χ3n) is 4.24. The number of carbonyl (C=O) groups is 2. The molecule has 21 heavy (non-hydrogen) atoms. The molecule has 0 bridgehead atoms. The van der Waals surface area contributed by atoms with E-state index >= 15 is 0 Å². The maximum absolute atomic E-state index is 11.9. The van der Waals surface area contributed by atoms with Gasteiger partial charge in [-0.1, -0.05) is 24.3 Å². The van der Waals surface area contributed by atoms with Crippen LogP contribution in [0.25, 0.3) is 0 Å². The summed E-state index contributed by atoms with van der Waals surface area (Å²) >= 11 is 0. The standard InChI is InChI=1S/C16H21N3O2/c20-15-6-5-14(16(21)18-15)13-3-1-12(2-4-13)11-19-9-7-17-8-10-19/h1-4,14,17H,5-11H2,(H,18,20,21). The van der Waals surface area contributed by atoms with Gasteiger partial charge in [0.2, 0.25) is 11.8 Å². The van der Waals surface area contributed by atoms with Crippen molar-refractivity contribution in [2.75, 3.05) is 26.2 Å². The monoisotopic (exact) mass is 287 g/mol. The van der Waals surface area contributed by atoms with Gasteiger partial charge in [0.25, 0.3) is 0 Å². The minimum Gasteiger partial charge on any atom is -0.314 e. The van der Waals surface area contributed by atoms with E-state index in [0.29, 0.717) is 12.8 Å². The van der Waals surface area contributed by atoms with Gasteiger partial charge in [0.1, 0.15) is 0 Å². The Kier molecular flexibility index (Phi) is 4.31. The summed E-state index contributed by atoms with van der Waals surface area (Å²) in [5, 5.41) is 5.76. The van der Waals surface area contributed by atoms with E-state index in [1.54, 1.807) is 0 Å². The number of piperazine rings is 1. The predicted molar refractivity (Wildman–Crippen MR) is 79.7 cm³/mol. The predicted octanol–water partition coefficient (Wildman–Crippen LogP) is 0.612. The van der Waals surface area contributed by atoms with E-state index in [0.717, 1.165) is 38.3 Å². The molecular weight excluding hydrogens is 266 g/mol. The van der Waals surface area contributed by atoms with E-state index in [4.69, 9.17) is 0 Å². The van der Waals surface area contributed by atoms with Crippen LogP contribution < -0.4 is 10.6 Å². The zero-order valence-electron chi connectivity index (χ0n) is 12.1. The Morgan fingerprint density at radius 2 is 1.81 bits per heavy atom. The fraction of sp³-hybridized carbons (Fsp3) is 0.500. The van der Waals surface area contributed by atoms with E-state index in [1.807, 2.05) is 12.1 Å². The molecule has 112 valence electrons. The third-order valence-corrected chi connectivity index (χ3v) is 4.24. The normalized spacial score (nSPS) is 23.9. The number of amides is 2. The van der Waals surface area contributed by atoms with Crippen molar-refractivity contribution in [3.63, 3.8) is 0 Å². The molecular formula is C16H21N3O2. The molecule has 2 heterocycles. The van der Waals surface area contributed by atoms with E-state index in [2.05, 4.69) is 27.7 Å². The molecule has 1 aromatic rings. The zero-order valence-corrected chi connectivity index (χ0v) is 12.1. The maximum atomic E-state index is 11.9. The Balaban J connectivity index is 1.63. The molecule has 1 atom stereocenters. The number of hydrogen-bond acceptors (Lipinski definition) is 4. The number of carbonyl (C=O) groups excluding carboxylic acids is 2. The third kappa shape index (κ3) is 3.49. The van der Waals surface area contributed by atoms with Gasteiger partial charge < -0.3 is 5.32 Å². The number of rotatable bonds is 3. The first-order valence-corrected chi connectivity index (χ1v) is 7.58. The van der Waals surface area contributed by atoms with Crippen LogP contribution in [0.4, 0.5) is 0 Å². The van der Waals surface area contributed by atoms with Crippen molar-refractivity contribution >= 4 is 11.8 Å². The highest BCUT2D eigenvalue weighted by molar-refractivity contribution is 6.00. The van der Waals surface area contributed by atoms with Crippen molar-refractivity contribution in [1.82, 2.24) is 15.5 Å². The molecule has 0 radical (unpaired) electrons. The molecule has 1 aromatic carbocycles. The highest BCUT2D eigenvalue weighted by atomic mass is 16.2. The Morgan fingerprint density at radius 3 is 2.48 bits per heavy atom. The van der Waals surface area contributed by atoms with Crippen LogP contribution in [-0.4, -0.2) is 42.9 Å². The summed E-state index contributed by atoms with van der Waals surface area (Å²) in [6.07, 6.45) is 1.04. The molecule has 2 aliphatic rings. The van der Waals surface area contributed by atoms with Crippen LogP contribution in [0, 0.1) is 0 Å². The molecule has 5 nitrogen and oxygen atoms in total. The van der Waals surface area contributed by atoms with Gasteiger partial charge in [-0.2, -0.15) is 0 Å². The van der Waals surface area contributed by atoms with Crippen molar-refractivity contribution in [1.29, 1.82) is 0 Å². The van der Waals surface area contributed by atoms with Gasteiger partial charge in [-0.25, -0.2) is 0 Å². The summed E-state index contributed by atoms with van der Waals surface area (Å²) in [4.78, 5) is 25.5. The van der Waals surface area contributed by atoms with Crippen molar-refractivity contribution < 1.29 is 9.59 Å². The molecule has 2 N–H and O–H groups in total. The summed E-state index contributed by atoms with van der Waals surface area (Å²) in [5.74, 6) is -0.511. The summed E-state index contributed by atoms with van der Waals surface area (Å²) < 4.78 is 0. The number of piperidine rings is 1. The second kappa shape index (κ2) is 6.37. The molecule has 0 aromatic heterocycles. The number of imide groups is 1. The molecule has 0 spiro atoms. The number of benzene rings is 1. The fourth-order valence-corrected chi connectivity index (χ4v) is 2.99. The zero-order chi connectivity index (χ0) is 14.7. The smallest absolute Gasteiger partial charge is 0.234 e. The Labute approximate surface area is 124 Å². The Morgan fingerprint density at radius 1 is 1.10 bits per heavy atom. The van der Waals surface area contributed by atoms with Crippen molar-refractivity contribution in [2.45, 2.75) is 25.3 Å². The molecule has 3 rings (SSSR count). The lowest BCUT2D eigenvalue weighted by atomic mass is 9.90. The summed E-state index contributed by atoms with van der Waals surface area (Å²) in [7, 11) is 0. The SMILES string of the molecule is O=C1CCC(c2ccc(CN3CCNCC3)cc2)C(=O)N1. The minimum absolute atomic E-state index is 0.161. The second-order valence-electron chi connectivity index (χ2n) is 5.77. The van der Waals surface area contributed by atoms with Crippen LogP contribution >= 0.6 is 0 Å². The maximum Gasteiger partial charge on any atom is 0.234 e. The van der Waals surface area contributed by atoms with Crippen LogP contribution in [0.2, 0.25) is 0 Å². The van der Waals surface area contributed by atoms with Gasteiger partial charge in [0, 0.05) is 39.1 Å². The summed E-state index contributed by atoms with van der Waals surface area (Å²) in [6.45, 7) is 5.21. The highest BCUT2D eigenvalue weighted by Crippen LogP contribution is 2.25. The second-order valence-corrected chi connectivity index (χ2v) is 5.77. The van der Waals surface area contributed by atoms with Crippen molar-refractivity contribution in [3.8, 4) is 0 Å². The van der Waals surface area contributed by atoms with Gasteiger partial charge in [-0.05, 0) is 17.5 Å². The van der Waals surface area contributed by atoms with Crippen LogP contribution in [0.3, 0.4) is 0 Å². The van der Waals surface area contributed by atoms with Gasteiger partial charge in [-0.3, -0.25) is 19.8 Å².